The molecule has 1 aliphatic rings. The summed E-state index contributed by atoms with van der Waals surface area (Å²) in [6.07, 6.45) is 3.70. The predicted octanol–water partition coefficient (Wildman–Crippen LogP) is 1.29. The van der Waals surface area contributed by atoms with Crippen molar-refractivity contribution in [3.05, 3.63) is 24.3 Å². The normalized spacial score (nSPS) is 20.6. The number of aliphatic hydroxyl groups is 1. The van der Waals surface area contributed by atoms with E-state index in [1.807, 2.05) is 0 Å². The van der Waals surface area contributed by atoms with Gasteiger partial charge in [-0.2, -0.15) is 4.98 Å². The van der Waals surface area contributed by atoms with E-state index in [0.717, 1.165) is 19.4 Å². The third-order valence-corrected chi connectivity index (χ3v) is 3.26. The molecule has 0 amide bonds. The molecular formula is C12H15N3O3. The molecule has 3 rings (SSSR count). The van der Waals surface area contributed by atoms with E-state index in [4.69, 9.17) is 8.94 Å². The van der Waals surface area contributed by atoms with Crippen molar-refractivity contribution in [1.82, 2.24) is 15.0 Å². The second kappa shape index (κ2) is 4.91. The number of hydrogen-bond acceptors (Lipinski definition) is 6. The van der Waals surface area contributed by atoms with Crippen LogP contribution in [0.3, 0.4) is 0 Å². The number of likely N-dealkylation sites (tertiary alicyclic amines) is 1. The van der Waals surface area contributed by atoms with E-state index < -0.39 is 0 Å². The average molecular weight is 249 g/mol. The standard InChI is InChI=1S/C12H15N3O3/c16-8-9-3-1-5-15(9)7-11-13-12(14-18-11)10-4-2-6-17-10/h2,4,6,9,16H,1,3,5,7-8H2/t9-/m1/s1. The Kier molecular flexibility index (Phi) is 3.12. The highest BCUT2D eigenvalue weighted by Crippen LogP contribution is 2.21. The molecule has 0 aliphatic carbocycles. The summed E-state index contributed by atoms with van der Waals surface area (Å²) in [5.74, 6) is 1.63. The van der Waals surface area contributed by atoms with Crippen molar-refractivity contribution in [2.75, 3.05) is 13.2 Å². The molecule has 0 saturated carbocycles. The van der Waals surface area contributed by atoms with Gasteiger partial charge in [0.25, 0.3) is 0 Å². The van der Waals surface area contributed by atoms with E-state index in [1.54, 1.807) is 18.4 Å². The maximum absolute atomic E-state index is 9.25. The summed E-state index contributed by atoms with van der Waals surface area (Å²) >= 11 is 0. The second-order valence-corrected chi connectivity index (χ2v) is 4.44. The lowest BCUT2D eigenvalue weighted by atomic mass is 10.2. The van der Waals surface area contributed by atoms with Gasteiger partial charge < -0.3 is 14.0 Å². The molecule has 1 fully saturated rings. The van der Waals surface area contributed by atoms with Crippen molar-refractivity contribution in [2.24, 2.45) is 0 Å². The Morgan fingerprint density at radius 2 is 2.44 bits per heavy atom. The van der Waals surface area contributed by atoms with E-state index in [-0.39, 0.29) is 12.6 Å². The van der Waals surface area contributed by atoms with Crippen LogP contribution in [0.25, 0.3) is 11.6 Å². The van der Waals surface area contributed by atoms with Gasteiger partial charge in [-0.05, 0) is 31.5 Å². The summed E-state index contributed by atoms with van der Waals surface area (Å²) in [6.45, 7) is 1.72. The zero-order chi connectivity index (χ0) is 12.4. The number of aromatic nitrogens is 2. The van der Waals surface area contributed by atoms with Crippen molar-refractivity contribution < 1.29 is 14.0 Å². The van der Waals surface area contributed by atoms with E-state index in [1.165, 1.54) is 0 Å². The Labute approximate surface area is 104 Å². The van der Waals surface area contributed by atoms with Gasteiger partial charge in [-0.1, -0.05) is 5.16 Å². The van der Waals surface area contributed by atoms with Crippen molar-refractivity contribution in [1.29, 1.82) is 0 Å². The van der Waals surface area contributed by atoms with Gasteiger partial charge in [-0.3, -0.25) is 4.90 Å². The molecule has 6 heteroatoms. The zero-order valence-electron chi connectivity index (χ0n) is 9.95. The smallest absolute Gasteiger partial charge is 0.241 e. The lowest BCUT2D eigenvalue weighted by Gasteiger charge is -2.20. The summed E-state index contributed by atoms with van der Waals surface area (Å²) in [6, 6.07) is 3.79. The molecule has 1 atom stereocenters. The van der Waals surface area contributed by atoms with Gasteiger partial charge in [-0.25, -0.2) is 0 Å². The van der Waals surface area contributed by atoms with E-state index in [9.17, 15) is 5.11 Å². The van der Waals surface area contributed by atoms with Crippen LogP contribution in [0.4, 0.5) is 0 Å². The highest BCUT2D eigenvalue weighted by Gasteiger charge is 2.25. The summed E-state index contributed by atoms with van der Waals surface area (Å²) in [5.41, 5.74) is 0. The molecule has 0 aromatic carbocycles. The first-order valence-electron chi connectivity index (χ1n) is 6.08. The molecule has 1 aliphatic heterocycles. The fraction of sp³-hybridized carbons (Fsp3) is 0.500. The Balaban J connectivity index is 1.70. The van der Waals surface area contributed by atoms with E-state index >= 15 is 0 Å². The molecule has 6 nitrogen and oxygen atoms in total. The highest BCUT2D eigenvalue weighted by molar-refractivity contribution is 5.44. The molecule has 1 N–H and O–H groups in total. The maximum Gasteiger partial charge on any atom is 0.241 e. The minimum absolute atomic E-state index is 0.180. The number of hydrogen-bond donors (Lipinski definition) is 1. The van der Waals surface area contributed by atoms with E-state index in [2.05, 4.69) is 15.0 Å². The average Bonchev–Trinajstić information content (AvgIpc) is 3.10. The maximum atomic E-state index is 9.25. The molecule has 3 heterocycles. The van der Waals surface area contributed by atoms with Crippen molar-refractivity contribution >= 4 is 0 Å². The lowest BCUT2D eigenvalue weighted by Crippen LogP contribution is -2.31. The molecule has 2 aromatic heterocycles. The van der Waals surface area contributed by atoms with E-state index in [0.29, 0.717) is 24.0 Å². The third kappa shape index (κ3) is 2.16. The van der Waals surface area contributed by atoms with Crippen LogP contribution in [0.1, 0.15) is 18.7 Å². The Bertz CT molecular complexity index is 494. The summed E-state index contributed by atoms with van der Waals surface area (Å²) < 4.78 is 10.4. The van der Waals surface area contributed by atoms with Crippen LogP contribution in [0.15, 0.2) is 27.3 Å². The molecule has 0 bridgehead atoms. The number of rotatable bonds is 4. The van der Waals surface area contributed by atoms with Crippen LogP contribution in [0.5, 0.6) is 0 Å². The third-order valence-electron chi connectivity index (χ3n) is 3.26. The molecule has 1 saturated heterocycles. The van der Waals surface area contributed by atoms with Crippen LogP contribution in [-0.2, 0) is 6.54 Å². The van der Waals surface area contributed by atoms with Gasteiger partial charge in [0.2, 0.25) is 11.7 Å². The SMILES string of the molecule is OC[C@H]1CCCN1Cc1nc(-c2ccco2)no1. The minimum atomic E-state index is 0.180. The lowest BCUT2D eigenvalue weighted by molar-refractivity contribution is 0.141. The van der Waals surface area contributed by atoms with Crippen LogP contribution >= 0.6 is 0 Å². The Morgan fingerprint density at radius 1 is 1.50 bits per heavy atom. The molecular weight excluding hydrogens is 234 g/mol. The van der Waals surface area contributed by atoms with Gasteiger partial charge in [0.15, 0.2) is 5.76 Å². The van der Waals surface area contributed by atoms with Gasteiger partial charge >= 0.3 is 0 Å². The van der Waals surface area contributed by atoms with Crippen LogP contribution < -0.4 is 0 Å². The van der Waals surface area contributed by atoms with Crippen molar-refractivity contribution in [3.63, 3.8) is 0 Å². The molecule has 0 radical (unpaired) electrons. The number of nitrogens with zero attached hydrogens (tertiary/aromatic N) is 3. The fourth-order valence-corrected chi connectivity index (χ4v) is 2.31. The molecule has 0 spiro atoms. The first kappa shape index (κ1) is 11.4. The molecule has 18 heavy (non-hydrogen) atoms. The first-order valence-corrected chi connectivity index (χ1v) is 6.08. The quantitative estimate of drug-likeness (QED) is 0.879. The van der Waals surface area contributed by atoms with Gasteiger partial charge in [0.1, 0.15) is 0 Å². The Hall–Kier alpha value is -1.66. The van der Waals surface area contributed by atoms with Gasteiger partial charge in [0.05, 0.1) is 19.4 Å². The Morgan fingerprint density at radius 3 is 3.22 bits per heavy atom. The number of furan rings is 1. The van der Waals surface area contributed by atoms with Crippen LogP contribution in [0.2, 0.25) is 0 Å². The summed E-state index contributed by atoms with van der Waals surface area (Å²) in [7, 11) is 0. The van der Waals surface area contributed by atoms with Gasteiger partial charge in [0, 0.05) is 6.04 Å². The molecule has 96 valence electrons. The zero-order valence-corrected chi connectivity index (χ0v) is 9.95. The van der Waals surface area contributed by atoms with Crippen molar-refractivity contribution in [2.45, 2.75) is 25.4 Å². The fourth-order valence-electron chi connectivity index (χ4n) is 2.31. The van der Waals surface area contributed by atoms with Crippen molar-refractivity contribution in [3.8, 4) is 11.6 Å². The highest BCUT2D eigenvalue weighted by atomic mass is 16.5. The van der Waals surface area contributed by atoms with Gasteiger partial charge in [-0.15, -0.1) is 0 Å². The topological polar surface area (TPSA) is 75.5 Å². The summed E-state index contributed by atoms with van der Waals surface area (Å²) in [4.78, 5) is 6.46. The van der Waals surface area contributed by atoms with Crippen LogP contribution in [-0.4, -0.2) is 39.3 Å². The van der Waals surface area contributed by atoms with Crippen LogP contribution in [0, 0.1) is 0 Å². The monoisotopic (exact) mass is 249 g/mol. The molecule has 0 unspecified atom stereocenters. The molecule has 2 aromatic rings. The largest absolute Gasteiger partial charge is 0.461 e. The summed E-state index contributed by atoms with van der Waals surface area (Å²) in [5, 5.41) is 13.1. The first-order chi connectivity index (χ1) is 8.86. The number of aliphatic hydroxyl groups excluding tert-OH is 1. The minimum Gasteiger partial charge on any atom is -0.461 e. The second-order valence-electron chi connectivity index (χ2n) is 4.44. The predicted molar refractivity (Wildman–Crippen MR) is 62.5 cm³/mol.